The summed E-state index contributed by atoms with van der Waals surface area (Å²) in [6.45, 7) is 1.14. The Balaban J connectivity index is 1.76. The van der Waals surface area contributed by atoms with Gasteiger partial charge in [-0.05, 0) is 43.2 Å². The second kappa shape index (κ2) is 8.57. The highest BCUT2D eigenvalue weighted by molar-refractivity contribution is 7.23. The number of rotatable bonds is 6. The Morgan fingerprint density at radius 3 is 2.90 bits per heavy atom. The van der Waals surface area contributed by atoms with Gasteiger partial charge < -0.3 is 14.2 Å². The van der Waals surface area contributed by atoms with Gasteiger partial charge in [0.1, 0.15) is 17.0 Å². The number of methoxy groups -OCH3 is 2. The van der Waals surface area contributed by atoms with Crippen molar-refractivity contribution in [3.8, 4) is 11.5 Å². The number of carbonyl (C=O) groups is 1. The molecule has 29 heavy (non-hydrogen) atoms. The lowest BCUT2D eigenvalue weighted by molar-refractivity contribution is 0.0917. The molecular weight excluding hydrogens is 412 g/mol. The topological polar surface area (TPSA) is 60.9 Å². The van der Waals surface area contributed by atoms with Gasteiger partial charge in [-0.3, -0.25) is 9.69 Å². The molecule has 0 spiro atoms. The molecule has 3 aromatic rings. The van der Waals surface area contributed by atoms with Crippen LogP contribution in [0.4, 0.5) is 5.13 Å². The van der Waals surface area contributed by atoms with Crippen LogP contribution in [0, 0.1) is 0 Å². The smallest absolute Gasteiger partial charge is 0.260 e. The van der Waals surface area contributed by atoms with Gasteiger partial charge in [-0.25, -0.2) is 4.98 Å². The van der Waals surface area contributed by atoms with Gasteiger partial charge in [0.15, 0.2) is 5.13 Å². The molecule has 1 aliphatic rings. The predicted molar refractivity (Wildman–Crippen MR) is 115 cm³/mol. The molecule has 152 valence electrons. The van der Waals surface area contributed by atoms with Crippen molar-refractivity contribution in [1.29, 1.82) is 0 Å². The minimum atomic E-state index is -0.159. The Morgan fingerprint density at radius 1 is 1.31 bits per heavy atom. The lowest BCUT2D eigenvalue weighted by Crippen LogP contribution is -2.37. The van der Waals surface area contributed by atoms with Crippen molar-refractivity contribution < 1.29 is 19.0 Å². The second-order valence-electron chi connectivity index (χ2n) is 6.71. The van der Waals surface area contributed by atoms with Gasteiger partial charge in [0.2, 0.25) is 0 Å². The number of thiazole rings is 1. The summed E-state index contributed by atoms with van der Waals surface area (Å²) in [7, 11) is 3.17. The number of hydrogen-bond donors (Lipinski definition) is 0. The summed E-state index contributed by atoms with van der Waals surface area (Å²) in [6.07, 6.45) is 1.89. The highest BCUT2D eigenvalue weighted by Crippen LogP contribution is 2.39. The summed E-state index contributed by atoms with van der Waals surface area (Å²) < 4.78 is 17.3. The Bertz CT molecular complexity index is 1030. The number of aromatic nitrogens is 1. The molecule has 0 bridgehead atoms. The molecule has 6 nitrogen and oxygen atoms in total. The maximum atomic E-state index is 13.4. The minimum Gasteiger partial charge on any atom is -0.497 e. The van der Waals surface area contributed by atoms with Gasteiger partial charge >= 0.3 is 0 Å². The van der Waals surface area contributed by atoms with E-state index in [4.69, 9.17) is 30.8 Å². The summed E-state index contributed by atoms with van der Waals surface area (Å²) in [5, 5.41) is 1.14. The van der Waals surface area contributed by atoms with Crippen molar-refractivity contribution in [2.24, 2.45) is 0 Å². The molecule has 1 saturated heterocycles. The SMILES string of the molecule is COc1cccc(C(=O)N(CC2CCCO2)c2nc3c(OC)ccc(Cl)c3s2)c1. The monoisotopic (exact) mass is 432 g/mol. The molecule has 2 heterocycles. The predicted octanol–water partition coefficient (Wildman–Crippen LogP) is 4.79. The van der Waals surface area contributed by atoms with Gasteiger partial charge in [0.25, 0.3) is 5.91 Å². The first-order valence-corrected chi connectivity index (χ1v) is 10.5. The second-order valence-corrected chi connectivity index (χ2v) is 8.09. The van der Waals surface area contributed by atoms with E-state index in [2.05, 4.69) is 0 Å². The highest BCUT2D eigenvalue weighted by Gasteiger charge is 2.28. The van der Waals surface area contributed by atoms with E-state index < -0.39 is 0 Å². The van der Waals surface area contributed by atoms with Gasteiger partial charge in [-0.2, -0.15) is 0 Å². The molecule has 0 N–H and O–H groups in total. The van der Waals surface area contributed by atoms with Crippen LogP contribution >= 0.6 is 22.9 Å². The van der Waals surface area contributed by atoms with Crippen LogP contribution in [0.2, 0.25) is 5.02 Å². The van der Waals surface area contributed by atoms with Crippen LogP contribution in [0.1, 0.15) is 23.2 Å². The van der Waals surface area contributed by atoms with Crippen molar-refractivity contribution >= 4 is 44.2 Å². The number of ether oxygens (including phenoxy) is 3. The molecule has 2 aromatic carbocycles. The molecule has 0 aliphatic carbocycles. The summed E-state index contributed by atoms with van der Waals surface area (Å²) in [6, 6.07) is 10.7. The molecule has 0 radical (unpaired) electrons. The molecule has 1 fully saturated rings. The Labute approximate surface area is 178 Å². The van der Waals surface area contributed by atoms with Gasteiger partial charge in [0, 0.05) is 12.2 Å². The number of anilines is 1. The van der Waals surface area contributed by atoms with Gasteiger partial charge in [0.05, 0.1) is 36.6 Å². The van der Waals surface area contributed by atoms with E-state index in [1.807, 2.05) is 6.07 Å². The number of fused-ring (bicyclic) bond motifs is 1. The summed E-state index contributed by atoms with van der Waals surface area (Å²) in [5.41, 5.74) is 1.18. The van der Waals surface area contributed by atoms with Crippen LogP contribution in [-0.4, -0.2) is 44.4 Å². The number of nitrogens with zero attached hydrogens (tertiary/aromatic N) is 2. The molecule has 1 atom stereocenters. The molecule has 1 aliphatic heterocycles. The van der Waals surface area contributed by atoms with Crippen LogP contribution < -0.4 is 14.4 Å². The van der Waals surface area contributed by atoms with Crippen molar-refractivity contribution in [2.75, 3.05) is 32.3 Å². The normalized spacial score (nSPS) is 16.2. The van der Waals surface area contributed by atoms with Crippen LogP contribution in [0.5, 0.6) is 11.5 Å². The summed E-state index contributed by atoms with van der Waals surface area (Å²) in [4.78, 5) is 19.8. The fourth-order valence-corrected chi connectivity index (χ4v) is 4.64. The van der Waals surface area contributed by atoms with E-state index in [-0.39, 0.29) is 12.0 Å². The third-order valence-electron chi connectivity index (χ3n) is 4.87. The zero-order chi connectivity index (χ0) is 20.4. The highest BCUT2D eigenvalue weighted by atomic mass is 35.5. The first kappa shape index (κ1) is 19.9. The molecule has 1 aromatic heterocycles. The van der Waals surface area contributed by atoms with E-state index >= 15 is 0 Å². The number of halogens is 1. The maximum absolute atomic E-state index is 13.4. The lowest BCUT2D eigenvalue weighted by Gasteiger charge is -2.23. The van der Waals surface area contributed by atoms with E-state index in [1.165, 1.54) is 11.3 Å². The van der Waals surface area contributed by atoms with Crippen LogP contribution in [0.15, 0.2) is 36.4 Å². The van der Waals surface area contributed by atoms with E-state index in [0.29, 0.717) is 45.9 Å². The minimum absolute atomic E-state index is 0.0195. The first-order valence-electron chi connectivity index (χ1n) is 9.31. The zero-order valence-electron chi connectivity index (χ0n) is 16.2. The fraction of sp³-hybridized carbons (Fsp3) is 0.333. The molecule has 8 heteroatoms. The van der Waals surface area contributed by atoms with Crippen molar-refractivity contribution in [2.45, 2.75) is 18.9 Å². The summed E-state index contributed by atoms with van der Waals surface area (Å²) in [5.74, 6) is 1.09. The fourth-order valence-electron chi connectivity index (χ4n) is 3.37. The number of amides is 1. The third kappa shape index (κ3) is 4.03. The van der Waals surface area contributed by atoms with Crippen molar-refractivity contribution in [3.63, 3.8) is 0 Å². The molecule has 0 saturated carbocycles. The molecule has 1 unspecified atom stereocenters. The maximum Gasteiger partial charge on any atom is 0.260 e. The zero-order valence-corrected chi connectivity index (χ0v) is 17.8. The molecule has 4 rings (SSSR count). The molecule has 1 amide bonds. The largest absolute Gasteiger partial charge is 0.497 e. The number of benzene rings is 2. The number of hydrogen-bond acceptors (Lipinski definition) is 6. The Hall–Kier alpha value is -2.35. The van der Waals surface area contributed by atoms with E-state index in [9.17, 15) is 4.79 Å². The quantitative estimate of drug-likeness (QED) is 0.560. The summed E-state index contributed by atoms with van der Waals surface area (Å²) >= 11 is 7.75. The Morgan fingerprint density at radius 2 is 2.17 bits per heavy atom. The van der Waals surface area contributed by atoms with Gasteiger partial charge in [-0.15, -0.1) is 0 Å². The first-order chi connectivity index (χ1) is 14.1. The molecular formula is C21H21ClN2O4S. The third-order valence-corrected chi connectivity index (χ3v) is 6.41. The average Bonchev–Trinajstić information content (AvgIpc) is 3.42. The van der Waals surface area contributed by atoms with E-state index in [1.54, 1.807) is 49.5 Å². The van der Waals surface area contributed by atoms with E-state index in [0.717, 1.165) is 17.5 Å². The van der Waals surface area contributed by atoms with Crippen LogP contribution in [0.3, 0.4) is 0 Å². The van der Waals surface area contributed by atoms with Gasteiger partial charge in [-0.1, -0.05) is 29.0 Å². The average molecular weight is 433 g/mol. The Kier molecular flexibility index (Phi) is 5.89. The standard InChI is InChI=1S/C21H21ClN2O4S/c1-26-14-6-3-5-13(11-14)20(25)24(12-15-7-4-10-28-15)21-23-18-17(27-2)9-8-16(22)19(18)29-21/h3,5-6,8-9,11,15H,4,7,10,12H2,1-2H3. The number of carbonyl (C=O) groups excluding carboxylic acids is 1. The van der Waals surface area contributed by atoms with Crippen molar-refractivity contribution in [1.82, 2.24) is 4.98 Å². The van der Waals surface area contributed by atoms with Crippen molar-refractivity contribution in [3.05, 3.63) is 47.0 Å². The lowest BCUT2D eigenvalue weighted by atomic mass is 10.1. The van der Waals surface area contributed by atoms with Crippen LogP contribution in [0.25, 0.3) is 10.2 Å². The van der Waals surface area contributed by atoms with Crippen LogP contribution in [-0.2, 0) is 4.74 Å².